The van der Waals surface area contributed by atoms with Gasteiger partial charge in [0.1, 0.15) is 0 Å². The summed E-state index contributed by atoms with van der Waals surface area (Å²) in [6.45, 7) is 3.63. The molecule has 0 amide bonds. The van der Waals surface area contributed by atoms with Gasteiger partial charge in [-0.3, -0.25) is 4.90 Å². The van der Waals surface area contributed by atoms with E-state index in [0.29, 0.717) is 10.9 Å². The zero-order valence-electron chi connectivity index (χ0n) is 10.3. The van der Waals surface area contributed by atoms with E-state index < -0.39 is 0 Å². The van der Waals surface area contributed by atoms with Gasteiger partial charge >= 0.3 is 0 Å². The molecule has 1 saturated heterocycles. The summed E-state index contributed by atoms with van der Waals surface area (Å²) in [5.41, 5.74) is 1.46. The molecular formula is C15H20BrN. The molecule has 4 atom stereocenters. The third-order valence-electron chi connectivity index (χ3n) is 4.59. The Morgan fingerprint density at radius 3 is 2.71 bits per heavy atom. The summed E-state index contributed by atoms with van der Waals surface area (Å²) >= 11 is 3.88. The normalized spacial score (nSPS) is 34.8. The van der Waals surface area contributed by atoms with Gasteiger partial charge in [0.2, 0.25) is 0 Å². The highest BCUT2D eigenvalue weighted by atomic mass is 79.9. The average Bonchev–Trinajstić information content (AvgIpc) is 2.93. The molecule has 1 nitrogen and oxygen atoms in total. The molecule has 2 fully saturated rings. The van der Waals surface area contributed by atoms with E-state index in [4.69, 9.17) is 0 Å². The number of benzene rings is 1. The van der Waals surface area contributed by atoms with Crippen LogP contribution in [0.25, 0.3) is 0 Å². The number of alkyl halides is 1. The first-order valence-electron chi connectivity index (χ1n) is 6.72. The van der Waals surface area contributed by atoms with Crippen molar-refractivity contribution < 1.29 is 0 Å². The van der Waals surface area contributed by atoms with E-state index in [9.17, 15) is 0 Å². The molecule has 2 aliphatic rings. The second kappa shape index (κ2) is 4.74. The third kappa shape index (κ3) is 2.06. The fourth-order valence-corrected chi connectivity index (χ4v) is 4.64. The van der Waals surface area contributed by atoms with Gasteiger partial charge in [-0.2, -0.15) is 0 Å². The minimum Gasteiger partial charge on any atom is -0.292 e. The van der Waals surface area contributed by atoms with E-state index in [0.717, 1.165) is 12.0 Å². The predicted molar refractivity (Wildman–Crippen MR) is 75.4 cm³/mol. The van der Waals surface area contributed by atoms with E-state index in [-0.39, 0.29) is 0 Å². The van der Waals surface area contributed by atoms with Crippen LogP contribution in [0.3, 0.4) is 0 Å². The lowest BCUT2D eigenvalue weighted by molar-refractivity contribution is 0.188. The van der Waals surface area contributed by atoms with Crippen LogP contribution in [0.15, 0.2) is 30.3 Å². The smallest absolute Gasteiger partial charge is 0.0323 e. The Morgan fingerprint density at radius 1 is 1.18 bits per heavy atom. The molecule has 1 aliphatic carbocycles. The number of rotatable bonds is 2. The predicted octanol–water partition coefficient (Wildman–Crippen LogP) is 4.00. The van der Waals surface area contributed by atoms with Crippen LogP contribution in [-0.4, -0.2) is 22.3 Å². The van der Waals surface area contributed by atoms with Crippen molar-refractivity contribution in [3.8, 4) is 0 Å². The fourth-order valence-electron chi connectivity index (χ4n) is 3.64. The first-order chi connectivity index (χ1) is 8.27. The standard InChI is InChI=1S/C15H20BrN/c1-11(12-5-3-2-4-6-12)17-10-9-13-7-8-14(16)15(13)17/h2-6,11,13-15H,7-10H2,1H3. The van der Waals surface area contributed by atoms with E-state index in [1.165, 1.54) is 31.4 Å². The molecule has 4 unspecified atom stereocenters. The van der Waals surface area contributed by atoms with Gasteiger partial charge in [0, 0.05) is 16.9 Å². The molecule has 92 valence electrons. The summed E-state index contributed by atoms with van der Waals surface area (Å²) in [5.74, 6) is 0.936. The van der Waals surface area contributed by atoms with Gasteiger partial charge in [-0.15, -0.1) is 0 Å². The number of fused-ring (bicyclic) bond motifs is 1. The van der Waals surface area contributed by atoms with Gasteiger partial charge in [-0.25, -0.2) is 0 Å². The zero-order chi connectivity index (χ0) is 11.8. The Balaban J connectivity index is 1.81. The van der Waals surface area contributed by atoms with Gasteiger partial charge in [0.15, 0.2) is 0 Å². The highest BCUT2D eigenvalue weighted by Gasteiger charge is 2.44. The highest BCUT2D eigenvalue weighted by molar-refractivity contribution is 9.09. The molecule has 0 aromatic heterocycles. The topological polar surface area (TPSA) is 3.24 Å². The molecule has 1 aromatic rings. The van der Waals surface area contributed by atoms with Gasteiger partial charge in [-0.1, -0.05) is 46.3 Å². The van der Waals surface area contributed by atoms with Crippen molar-refractivity contribution in [2.24, 2.45) is 5.92 Å². The third-order valence-corrected chi connectivity index (χ3v) is 5.59. The number of hydrogen-bond acceptors (Lipinski definition) is 1. The summed E-state index contributed by atoms with van der Waals surface area (Å²) in [4.78, 5) is 3.42. The second-order valence-corrected chi connectivity index (χ2v) is 6.63. The van der Waals surface area contributed by atoms with E-state index in [2.05, 4.69) is 58.1 Å². The van der Waals surface area contributed by atoms with Crippen LogP contribution in [0.5, 0.6) is 0 Å². The molecule has 0 N–H and O–H groups in total. The number of hydrogen-bond donors (Lipinski definition) is 0. The Labute approximate surface area is 112 Å². The summed E-state index contributed by atoms with van der Waals surface area (Å²) in [6, 6.07) is 12.3. The minimum absolute atomic E-state index is 0.560. The van der Waals surface area contributed by atoms with E-state index in [1.807, 2.05) is 0 Å². The number of halogens is 1. The fraction of sp³-hybridized carbons (Fsp3) is 0.600. The summed E-state index contributed by atoms with van der Waals surface area (Å²) in [7, 11) is 0. The lowest BCUT2D eigenvalue weighted by atomic mass is 10.0. The van der Waals surface area contributed by atoms with Crippen molar-refractivity contribution in [2.75, 3.05) is 6.54 Å². The highest BCUT2D eigenvalue weighted by Crippen LogP contribution is 2.44. The van der Waals surface area contributed by atoms with Crippen LogP contribution in [-0.2, 0) is 0 Å². The monoisotopic (exact) mass is 293 g/mol. The molecule has 1 heterocycles. The Bertz CT molecular complexity index is 378. The maximum atomic E-state index is 3.88. The Kier molecular flexibility index (Phi) is 3.27. The molecule has 1 saturated carbocycles. The van der Waals surface area contributed by atoms with Crippen molar-refractivity contribution in [3.63, 3.8) is 0 Å². The van der Waals surface area contributed by atoms with Gasteiger partial charge < -0.3 is 0 Å². The molecule has 1 aliphatic heterocycles. The maximum Gasteiger partial charge on any atom is 0.0323 e. The first-order valence-corrected chi connectivity index (χ1v) is 7.63. The van der Waals surface area contributed by atoms with Gasteiger partial charge in [-0.05, 0) is 44.2 Å². The lowest BCUT2D eigenvalue weighted by Crippen LogP contribution is -2.37. The molecule has 1 aromatic carbocycles. The van der Waals surface area contributed by atoms with Crippen LogP contribution in [0.4, 0.5) is 0 Å². The van der Waals surface area contributed by atoms with Crippen LogP contribution >= 0.6 is 15.9 Å². The molecule has 2 heteroatoms. The molecule has 17 heavy (non-hydrogen) atoms. The van der Waals surface area contributed by atoms with Crippen molar-refractivity contribution in [2.45, 2.75) is 43.1 Å². The van der Waals surface area contributed by atoms with E-state index >= 15 is 0 Å². The molecule has 0 radical (unpaired) electrons. The average molecular weight is 294 g/mol. The second-order valence-electron chi connectivity index (χ2n) is 5.46. The maximum absolute atomic E-state index is 3.88. The minimum atomic E-state index is 0.560. The van der Waals surface area contributed by atoms with Crippen molar-refractivity contribution in [3.05, 3.63) is 35.9 Å². The summed E-state index contributed by atoms with van der Waals surface area (Å²) in [5, 5.41) is 0. The molecule has 0 spiro atoms. The van der Waals surface area contributed by atoms with Gasteiger partial charge in [0.25, 0.3) is 0 Å². The Morgan fingerprint density at radius 2 is 1.94 bits per heavy atom. The largest absolute Gasteiger partial charge is 0.292 e. The molecule has 0 bridgehead atoms. The lowest BCUT2D eigenvalue weighted by Gasteiger charge is -2.32. The SMILES string of the molecule is CC(c1ccccc1)N1CCC2CCC(Br)C21. The van der Waals surface area contributed by atoms with Crippen LogP contribution in [0.1, 0.15) is 37.8 Å². The molecule has 3 rings (SSSR count). The number of nitrogens with zero attached hydrogens (tertiary/aromatic N) is 1. The van der Waals surface area contributed by atoms with Crippen LogP contribution in [0.2, 0.25) is 0 Å². The Hall–Kier alpha value is -0.340. The van der Waals surface area contributed by atoms with Crippen molar-refractivity contribution in [1.29, 1.82) is 0 Å². The quantitative estimate of drug-likeness (QED) is 0.745. The van der Waals surface area contributed by atoms with Crippen LogP contribution in [0, 0.1) is 5.92 Å². The summed E-state index contributed by atoms with van der Waals surface area (Å²) in [6.07, 6.45) is 4.16. The van der Waals surface area contributed by atoms with Gasteiger partial charge in [0.05, 0.1) is 0 Å². The first kappa shape index (κ1) is 11.7. The number of likely N-dealkylation sites (tertiary alicyclic amines) is 1. The summed E-state index contributed by atoms with van der Waals surface area (Å²) < 4.78 is 0. The van der Waals surface area contributed by atoms with Crippen LogP contribution < -0.4 is 0 Å². The molecular weight excluding hydrogens is 274 g/mol. The van der Waals surface area contributed by atoms with E-state index in [1.54, 1.807) is 0 Å². The van der Waals surface area contributed by atoms with Crippen molar-refractivity contribution >= 4 is 15.9 Å². The van der Waals surface area contributed by atoms with Crippen molar-refractivity contribution in [1.82, 2.24) is 4.90 Å². The zero-order valence-corrected chi connectivity index (χ0v) is 11.9.